The Morgan fingerprint density at radius 2 is 1.68 bits per heavy atom. The van der Waals surface area contributed by atoms with E-state index in [1.54, 1.807) is 24.3 Å². The molecule has 0 spiro atoms. The van der Waals surface area contributed by atoms with Crippen molar-refractivity contribution in [1.29, 1.82) is 0 Å². The first-order valence-corrected chi connectivity index (χ1v) is 9.73. The number of benzene rings is 1. The van der Waals surface area contributed by atoms with Crippen LogP contribution in [-0.2, 0) is 4.79 Å². The fourth-order valence-corrected chi connectivity index (χ4v) is 3.60. The van der Waals surface area contributed by atoms with Crippen LogP contribution < -0.4 is 0 Å². The van der Waals surface area contributed by atoms with Crippen LogP contribution >= 0.6 is 11.6 Å². The molecule has 1 saturated heterocycles. The van der Waals surface area contributed by atoms with E-state index < -0.39 is 0 Å². The summed E-state index contributed by atoms with van der Waals surface area (Å²) in [5.74, 6) is 0.0862. The van der Waals surface area contributed by atoms with Crippen molar-refractivity contribution in [2.45, 2.75) is 52.0 Å². The lowest BCUT2D eigenvalue weighted by atomic mass is 10.1. The summed E-state index contributed by atoms with van der Waals surface area (Å²) in [5, 5.41) is 0.610. The smallest absolute Gasteiger partial charge is 0.223 e. The van der Waals surface area contributed by atoms with E-state index in [9.17, 15) is 9.59 Å². The second-order valence-electron chi connectivity index (χ2n) is 6.70. The molecule has 0 aliphatic carbocycles. The lowest BCUT2D eigenvalue weighted by Gasteiger charge is -2.39. The first kappa shape index (κ1) is 19.9. The third-order valence-corrected chi connectivity index (χ3v) is 5.26. The van der Waals surface area contributed by atoms with E-state index in [1.807, 2.05) is 4.90 Å². The van der Waals surface area contributed by atoms with Crippen LogP contribution in [0.5, 0.6) is 0 Å². The number of nitrogens with zero attached hydrogens (tertiary/aromatic N) is 2. The molecule has 0 bridgehead atoms. The van der Waals surface area contributed by atoms with Gasteiger partial charge in [0.2, 0.25) is 5.91 Å². The maximum Gasteiger partial charge on any atom is 0.223 e. The van der Waals surface area contributed by atoms with Gasteiger partial charge in [-0.05, 0) is 37.1 Å². The Kier molecular flexibility index (Phi) is 7.91. The van der Waals surface area contributed by atoms with Gasteiger partial charge in [0.1, 0.15) is 0 Å². The topological polar surface area (TPSA) is 40.6 Å². The summed E-state index contributed by atoms with van der Waals surface area (Å²) in [5.41, 5.74) is 0.618. The zero-order chi connectivity index (χ0) is 18.2. The summed E-state index contributed by atoms with van der Waals surface area (Å²) >= 11 is 5.83. The normalized spacial score (nSPS) is 16.7. The number of hydrogen-bond donors (Lipinski definition) is 0. The second kappa shape index (κ2) is 9.93. The number of ketones is 1. The van der Waals surface area contributed by atoms with Crippen LogP contribution in [0.2, 0.25) is 5.02 Å². The Morgan fingerprint density at radius 3 is 2.24 bits per heavy atom. The van der Waals surface area contributed by atoms with Gasteiger partial charge in [-0.3, -0.25) is 14.5 Å². The Labute approximate surface area is 156 Å². The molecule has 1 heterocycles. The fraction of sp³-hybridized carbons (Fsp3) is 0.600. The average Bonchev–Trinajstić information content (AvgIpc) is 2.64. The van der Waals surface area contributed by atoms with Gasteiger partial charge in [0.05, 0.1) is 0 Å². The summed E-state index contributed by atoms with van der Waals surface area (Å²) in [6.45, 7) is 7.88. The lowest BCUT2D eigenvalue weighted by molar-refractivity contribution is -0.133. The fourth-order valence-electron chi connectivity index (χ4n) is 3.47. The van der Waals surface area contributed by atoms with Crippen molar-refractivity contribution in [2.24, 2.45) is 0 Å². The highest BCUT2D eigenvalue weighted by molar-refractivity contribution is 6.30. The molecule has 0 radical (unpaired) electrons. The second-order valence-corrected chi connectivity index (χ2v) is 7.13. The molecule has 1 fully saturated rings. The zero-order valence-electron chi connectivity index (χ0n) is 15.3. The van der Waals surface area contributed by atoms with Gasteiger partial charge >= 0.3 is 0 Å². The molecule has 1 atom stereocenters. The predicted octanol–water partition coefficient (Wildman–Crippen LogP) is 4.03. The lowest BCUT2D eigenvalue weighted by Crippen LogP contribution is -2.51. The molecule has 2 rings (SSSR count). The van der Waals surface area contributed by atoms with Crippen molar-refractivity contribution < 1.29 is 9.59 Å². The van der Waals surface area contributed by atoms with E-state index in [0.29, 0.717) is 16.6 Å². The van der Waals surface area contributed by atoms with Crippen LogP contribution in [0.1, 0.15) is 56.3 Å². The largest absolute Gasteiger partial charge is 0.340 e. The quantitative estimate of drug-likeness (QED) is 0.654. The summed E-state index contributed by atoms with van der Waals surface area (Å²) in [6, 6.07) is 7.47. The van der Waals surface area contributed by atoms with Gasteiger partial charge < -0.3 is 4.90 Å². The molecule has 4 nitrogen and oxygen atoms in total. The highest BCUT2D eigenvalue weighted by Gasteiger charge is 2.25. The first-order valence-electron chi connectivity index (χ1n) is 9.35. The molecular formula is C20H29ClN2O2. The van der Waals surface area contributed by atoms with Crippen molar-refractivity contribution in [3.05, 3.63) is 34.9 Å². The molecule has 1 aromatic carbocycles. The number of hydrogen-bond acceptors (Lipinski definition) is 3. The predicted molar refractivity (Wildman–Crippen MR) is 102 cm³/mol. The molecule has 0 aromatic heterocycles. The maximum atomic E-state index is 12.4. The first-order chi connectivity index (χ1) is 12.0. The molecule has 0 saturated carbocycles. The highest BCUT2D eigenvalue weighted by atomic mass is 35.5. The molecule has 1 aromatic rings. The van der Waals surface area contributed by atoms with Crippen molar-refractivity contribution in [1.82, 2.24) is 9.80 Å². The Balaban J connectivity index is 1.77. The summed E-state index contributed by atoms with van der Waals surface area (Å²) in [7, 11) is 0. The molecule has 1 aliphatic rings. The number of carbonyl (C=O) groups excluding carboxylic acids is 2. The van der Waals surface area contributed by atoms with Gasteiger partial charge in [-0.1, -0.05) is 31.9 Å². The van der Waals surface area contributed by atoms with E-state index in [-0.39, 0.29) is 24.5 Å². The molecular weight excluding hydrogens is 336 g/mol. The molecule has 138 valence electrons. The number of Topliss-reactive ketones (excluding diaryl/α,β-unsaturated/α-hetero) is 1. The van der Waals surface area contributed by atoms with Gasteiger partial charge in [-0.2, -0.15) is 0 Å². The van der Waals surface area contributed by atoms with E-state index in [2.05, 4.69) is 18.7 Å². The minimum atomic E-state index is -0.00218. The minimum absolute atomic E-state index is 0.00218. The molecule has 1 aliphatic heterocycles. The van der Waals surface area contributed by atoms with Crippen LogP contribution in [0.4, 0.5) is 0 Å². The molecule has 5 heteroatoms. The zero-order valence-corrected chi connectivity index (χ0v) is 16.1. The molecule has 1 amide bonds. The molecule has 1 unspecified atom stereocenters. The Bertz CT molecular complexity index is 566. The van der Waals surface area contributed by atoms with E-state index >= 15 is 0 Å². The van der Waals surface area contributed by atoms with Crippen LogP contribution in [0.25, 0.3) is 0 Å². The van der Waals surface area contributed by atoms with Crippen molar-refractivity contribution >= 4 is 23.3 Å². The Morgan fingerprint density at radius 1 is 1.04 bits per heavy atom. The maximum absolute atomic E-state index is 12.4. The van der Waals surface area contributed by atoms with E-state index in [0.717, 1.165) is 32.6 Å². The number of halogens is 1. The number of piperazine rings is 1. The van der Waals surface area contributed by atoms with E-state index in [1.165, 1.54) is 12.8 Å². The van der Waals surface area contributed by atoms with Crippen LogP contribution in [0.3, 0.4) is 0 Å². The summed E-state index contributed by atoms with van der Waals surface area (Å²) in [6.07, 6.45) is 4.13. The third-order valence-electron chi connectivity index (χ3n) is 5.01. The SMILES string of the molecule is CCCC(CC)N1CCN(C(=O)CCC(=O)c2ccc(Cl)cc2)CC1. The summed E-state index contributed by atoms with van der Waals surface area (Å²) in [4.78, 5) is 29.0. The average molecular weight is 365 g/mol. The van der Waals surface area contributed by atoms with Gasteiger partial charge in [-0.25, -0.2) is 0 Å². The summed E-state index contributed by atoms with van der Waals surface area (Å²) < 4.78 is 0. The Hall–Kier alpha value is -1.39. The van der Waals surface area contributed by atoms with Crippen molar-refractivity contribution in [2.75, 3.05) is 26.2 Å². The number of amides is 1. The molecule has 0 N–H and O–H groups in total. The minimum Gasteiger partial charge on any atom is -0.340 e. The molecule has 25 heavy (non-hydrogen) atoms. The van der Waals surface area contributed by atoms with Crippen molar-refractivity contribution in [3.63, 3.8) is 0 Å². The highest BCUT2D eigenvalue weighted by Crippen LogP contribution is 2.16. The van der Waals surface area contributed by atoms with E-state index in [4.69, 9.17) is 11.6 Å². The van der Waals surface area contributed by atoms with Crippen LogP contribution in [-0.4, -0.2) is 53.7 Å². The van der Waals surface area contributed by atoms with Crippen molar-refractivity contribution in [3.8, 4) is 0 Å². The standard InChI is InChI=1S/C20H29ClN2O2/c1-3-5-18(4-2)22-12-14-23(15-13-22)20(25)11-10-19(24)16-6-8-17(21)9-7-16/h6-9,18H,3-5,10-15H2,1-2H3. The van der Waals surface area contributed by atoms with Gasteiger partial charge in [-0.15, -0.1) is 0 Å². The third kappa shape index (κ3) is 5.82. The number of carbonyl (C=O) groups is 2. The van der Waals surface area contributed by atoms with Gasteiger partial charge in [0.15, 0.2) is 5.78 Å². The van der Waals surface area contributed by atoms with Crippen LogP contribution in [0, 0.1) is 0 Å². The monoisotopic (exact) mass is 364 g/mol. The van der Waals surface area contributed by atoms with Crippen LogP contribution in [0.15, 0.2) is 24.3 Å². The van der Waals surface area contributed by atoms with Gasteiger partial charge in [0, 0.05) is 55.6 Å². The van der Waals surface area contributed by atoms with Gasteiger partial charge in [0.25, 0.3) is 0 Å². The number of rotatable bonds is 8.